The van der Waals surface area contributed by atoms with E-state index in [0.717, 1.165) is 12.3 Å². The summed E-state index contributed by atoms with van der Waals surface area (Å²) in [4.78, 5) is 4.55. The van der Waals surface area contributed by atoms with E-state index >= 15 is 0 Å². The Bertz CT molecular complexity index is 371. The Morgan fingerprint density at radius 3 is 3.00 bits per heavy atom. The molecule has 1 heteroatoms. The quantitative estimate of drug-likeness (QED) is 0.646. The van der Waals surface area contributed by atoms with Gasteiger partial charge in [0.25, 0.3) is 0 Å². The molecule has 0 amide bonds. The molecule has 2 rings (SSSR count). The first-order valence-electron chi connectivity index (χ1n) is 5.76. The largest absolute Gasteiger partial charge is 0.284 e. The van der Waals surface area contributed by atoms with Crippen molar-refractivity contribution in [3.8, 4) is 0 Å². The van der Waals surface area contributed by atoms with E-state index < -0.39 is 0 Å². The molecule has 1 aliphatic carbocycles. The zero-order chi connectivity index (χ0) is 10.9. The maximum absolute atomic E-state index is 4.55. The van der Waals surface area contributed by atoms with Gasteiger partial charge in [-0.3, -0.25) is 4.99 Å². The van der Waals surface area contributed by atoms with E-state index in [0.29, 0.717) is 0 Å². The van der Waals surface area contributed by atoms with Crippen LogP contribution in [0.4, 0.5) is 0 Å². The van der Waals surface area contributed by atoms with Gasteiger partial charge in [-0.05, 0) is 37.0 Å². The average molecular weight is 201 g/mol. The lowest BCUT2D eigenvalue weighted by Gasteiger charge is -2.36. The van der Waals surface area contributed by atoms with Crippen molar-refractivity contribution in [1.82, 2.24) is 0 Å². The monoisotopic (exact) mass is 201 g/mol. The third-order valence-electron chi connectivity index (χ3n) is 3.63. The highest BCUT2D eigenvalue weighted by Crippen LogP contribution is 2.42. The minimum Gasteiger partial charge on any atom is -0.284 e. The third kappa shape index (κ3) is 1.83. The number of fused-ring (bicyclic) bond motifs is 1. The summed E-state index contributed by atoms with van der Waals surface area (Å²) in [5.74, 6) is 0. The third-order valence-corrected chi connectivity index (χ3v) is 3.63. The number of hydrogen-bond donors (Lipinski definition) is 0. The Balaban J connectivity index is 2.37. The van der Waals surface area contributed by atoms with Crippen LogP contribution in [-0.2, 0) is 0 Å². The van der Waals surface area contributed by atoms with Crippen molar-refractivity contribution < 1.29 is 0 Å². The fourth-order valence-corrected chi connectivity index (χ4v) is 2.31. The Hall–Kier alpha value is -1.11. The molecule has 1 unspecified atom stereocenters. The number of rotatable bonds is 2. The Morgan fingerprint density at radius 1 is 1.53 bits per heavy atom. The van der Waals surface area contributed by atoms with Gasteiger partial charge >= 0.3 is 0 Å². The van der Waals surface area contributed by atoms with Crippen LogP contribution in [0, 0.1) is 5.41 Å². The molecule has 0 saturated carbocycles. The van der Waals surface area contributed by atoms with Crippen LogP contribution in [0.25, 0.3) is 0 Å². The summed E-state index contributed by atoms with van der Waals surface area (Å²) in [6, 6.07) is 0. The molecular weight excluding hydrogens is 182 g/mol. The van der Waals surface area contributed by atoms with Gasteiger partial charge in [-0.25, -0.2) is 0 Å². The summed E-state index contributed by atoms with van der Waals surface area (Å²) in [7, 11) is 0. The minimum atomic E-state index is 0.283. The van der Waals surface area contributed by atoms with Crippen LogP contribution in [0.15, 0.2) is 40.9 Å². The number of hydrogen-bond acceptors (Lipinski definition) is 1. The van der Waals surface area contributed by atoms with Crippen LogP contribution in [0.2, 0.25) is 0 Å². The molecule has 0 saturated heterocycles. The summed E-state index contributed by atoms with van der Waals surface area (Å²) in [5.41, 5.74) is 4.35. The van der Waals surface area contributed by atoms with Gasteiger partial charge in [0.05, 0.1) is 5.71 Å². The highest BCUT2D eigenvalue weighted by atomic mass is 14.8. The fourth-order valence-electron chi connectivity index (χ4n) is 2.31. The maximum Gasteiger partial charge on any atom is 0.0571 e. The van der Waals surface area contributed by atoms with Crippen molar-refractivity contribution in [2.75, 3.05) is 6.54 Å². The van der Waals surface area contributed by atoms with Crippen molar-refractivity contribution in [3.63, 3.8) is 0 Å². The zero-order valence-corrected chi connectivity index (χ0v) is 9.71. The van der Waals surface area contributed by atoms with E-state index in [2.05, 4.69) is 37.6 Å². The lowest BCUT2D eigenvalue weighted by atomic mass is 9.71. The number of dihydropyridines is 1. The molecule has 1 heterocycles. The maximum atomic E-state index is 4.55. The van der Waals surface area contributed by atoms with Crippen molar-refractivity contribution >= 4 is 5.71 Å². The molecule has 0 fully saturated rings. The van der Waals surface area contributed by atoms with Crippen molar-refractivity contribution in [2.24, 2.45) is 10.4 Å². The Kier molecular flexibility index (Phi) is 2.64. The van der Waals surface area contributed by atoms with E-state index in [-0.39, 0.29) is 5.41 Å². The molecule has 0 spiro atoms. The second kappa shape index (κ2) is 3.80. The molecule has 1 atom stereocenters. The van der Waals surface area contributed by atoms with E-state index in [1.165, 1.54) is 24.8 Å². The van der Waals surface area contributed by atoms with Gasteiger partial charge in [-0.2, -0.15) is 0 Å². The number of allylic oxidation sites excluding steroid dienone is 4. The van der Waals surface area contributed by atoms with Gasteiger partial charge in [-0.1, -0.05) is 32.1 Å². The molecule has 0 radical (unpaired) electrons. The molecule has 1 aliphatic heterocycles. The molecular formula is C14H19N. The molecule has 15 heavy (non-hydrogen) atoms. The average Bonchev–Trinajstić information content (AvgIpc) is 2.27. The van der Waals surface area contributed by atoms with E-state index in [4.69, 9.17) is 0 Å². The van der Waals surface area contributed by atoms with E-state index in [1.807, 2.05) is 6.08 Å². The van der Waals surface area contributed by atoms with Gasteiger partial charge in [0.2, 0.25) is 0 Å². The molecule has 0 N–H and O–H groups in total. The van der Waals surface area contributed by atoms with Crippen LogP contribution >= 0.6 is 0 Å². The molecule has 0 aromatic carbocycles. The molecule has 0 aromatic heterocycles. The summed E-state index contributed by atoms with van der Waals surface area (Å²) in [6.45, 7) is 9.27. The van der Waals surface area contributed by atoms with Gasteiger partial charge in [0, 0.05) is 12.0 Å². The minimum absolute atomic E-state index is 0.283. The summed E-state index contributed by atoms with van der Waals surface area (Å²) in [5, 5.41) is 0. The van der Waals surface area contributed by atoms with Crippen LogP contribution in [0.5, 0.6) is 0 Å². The summed E-state index contributed by atoms with van der Waals surface area (Å²) < 4.78 is 0. The fraction of sp³-hybridized carbons (Fsp3) is 0.500. The van der Waals surface area contributed by atoms with Crippen LogP contribution in [0.1, 0.15) is 33.1 Å². The summed E-state index contributed by atoms with van der Waals surface area (Å²) in [6.07, 6.45) is 10.1. The van der Waals surface area contributed by atoms with Crippen molar-refractivity contribution in [3.05, 3.63) is 36.0 Å². The zero-order valence-electron chi connectivity index (χ0n) is 9.71. The molecule has 2 aliphatic rings. The lowest BCUT2D eigenvalue weighted by Crippen LogP contribution is -2.29. The molecule has 0 aromatic rings. The Morgan fingerprint density at radius 2 is 2.33 bits per heavy atom. The van der Waals surface area contributed by atoms with Crippen molar-refractivity contribution in [1.29, 1.82) is 0 Å². The lowest BCUT2D eigenvalue weighted by molar-refractivity contribution is 0.369. The number of nitrogens with zero attached hydrogens (tertiary/aromatic N) is 1. The molecule has 1 nitrogen and oxygen atoms in total. The smallest absolute Gasteiger partial charge is 0.0571 e. The highest BCUT2D eigenvalue weighted by Gasteiger charge is 2.32. The molecule has 80 valence electrons. The summed E-state index contributed by atoms with van der Waals surface area (Å²) >= 11 is 0. The van der Waals surface area contributed by atoms with Crippen LogP contribution in [-0.4, -0.2) is 12.3 Å². The first kappa shape index (κ1) is 10.4. The van der Waals surface area contributed by atoms with Gasteiger partial charge in [0.15, 0.2) is 0 Å². The van der Waals surface area contributed by atoms with Gasteiger partial charge in [0.1, 0.15) is 0 Å². The first-order chi connectivity index (χ1) is 7.18. The second-order valence-electron chi connectivity index (χ2n) is 4.76. The second-order valence-corrected chi connectivity index (χ2v) is 4.76. The number of aliphatic imine (C=N–C) groups is 1. The van der Waals surface area contributed by atoms with Gasteiger partial charge < -0.3 is 0 Å². The van der Waals surface area contributed by atoms with E-state index in [9.17, 15) is 0 Å². The normalized spacial score (nSPS) is 29.9. The topological polar surface area (TPSA) is 12.4 Å². The Labute approximate surface area is 92.3 Å². The van der Waals surface area contributed by atoms with Crippen LogP contribution in [0.3, 0.4) is 0 Å². The predicted molar refractivity (Wildman–Crippen MR) is 66.3 cm³/mol. The SMILES string of the molecule is C=CC1=NCC2(C)CCC(CC)=CC2=C1. The predicted octanol–water partition coefficient (Wildman–Crippen LogP) is 3.69. The van der Waals surface area contributed by atoms with Crippen molar-refractivity contribution in [2.45, 2.75) is 33.1 Å². The van der Waals surface area contributed by atoms with Gasteiger partial charge in [-0.15, -0.1) is 0 Å². The standard InChI is InChI=1S/C14H19N/c1-4-11-6-7-14(3)10-15-13(5-2)9-12(14)8-11/h5,8-9H,2,4,6-7,10H2,1,3H3. The first-order valence-corrected chi connectivity index (χ1v) is 5.76. The van der Waals surface area contributed by atoms with E-state index in [1.54, 1.807) is 5.57 Å². The molecule has 0 bridgehead atoms. The van der Waals surface area contributed by atoms with Crippen LogP contribution < -0.4 is 0 Å². The highest BCUT2D eigenvalue weighted by molar-refractivity contribution is 6.05.